The van der Waals surface area contributed by atoms with Gasteiger partial charge in [-0.1, -0.05) is 18.2 Å². The van der Waals surface area contributed by atoms with E-state index in [4.69, 9.17) is 0 Å². The largest absolute Gasteiger partial charge is 0.416 e. The first kappa shape index (κ1) is 21.1. The Bertz CT molecular complexity index is 994. The minimum atomic E-state index is -4.73. The molecule has 0 radical (unpaired) electrons. The van der Waals surface area contributed by atoms with Crippen LogP contribution in [0.2, 0.25) is 0 Å². The van der Waals surface area contributed by atoms with E-state index in [0.29, 0.717) is 18.6 Å². The molecule has 0 aromatic heterocycles. The zero-order chi connectivity index (χ0) is 21.9. The number of hydrogen-bond acceptors (Lipinski definition) is 5. The van der Waals surface area contributed by atoms with Crippen LogP contribution in [0, 0.1) is 16.0 Å². The number of nitrogens with zero attached hydrogens (tertiary/aromatic N) is 1. The summed E-state index contributed by atoms with van der Waals surface area (Å²) < 4.78 is 38.2. The number of nitrogens with one attached hydrogen (secondary N) is 3. The van der Waals surface area contributed by atoms with Crippen molar-refractivity contribution in [2.45, 2.75) is 25.4 Å². The molecule has 158 valence electrons. The second kappa shape index (κ2) is 8.39. The summed E-state index contributed by atoms with van der Waals surface area (Å²) in [6.45, 7) is 0. The topological polar surface area (TPSA) is 113 Å². The van der Waals surface area contributed by atoms with Gasteiger partial charge in [-0.2, -0.15) is 13.2 Å². The first-order valence-corrected chi connectivity index (χ1v) is 8.94. The highest BCUT2D eigenvalue weighted by Gasteiger charge is 2.33. The van der Waals surface area contributed by atoms with Crippen LogP contribution in [-0.4, -0.2) is 16.7 Å². The normalized spacial score (nSPS) is 15.7. The molecular formula is C19H17F3N4O4. The fraction of sp³-hybridized carbons (Fsp3) is 0.263. The Morgan fingerprint density at radius 2 is 1.97 bits per heavy atom. The summed E-state index contributed by atoms with van der Waals surface area (Å²) in [5.41, 5.74) is 3.91. The van der Waals surface area contributed by atoms with Crippen LogP contribution in [0.15, 0.2) is 42.5 Å². The Kier molecular flexibility index (Phi) is 5.90. The van der Waals surface area contributed by atoms with Crippen LogP contribution in [0.25, 0.3) is 0 Å². The second-order valence-corrected chi connectivity index (χ2v) is 6.75. The van der Waals surface area contributed by atoms with Crippen molar-refractivity contribution in [1.82, 2.24) is 5.43 Å². The Morgan fingerprint density at radius 3 is 2.67 bits per heavy atom. The number of anilines is 2. The molecule has 0 saturated carbocycles. The SMILES string of the molecule is O=C(CCC1Cc2ccccc2NC1=O)NNc1ccc(C(F)(F)F)cc1[N+](=O)[O-]. The summed E-state index contributed by atoms with van der Waals surface area (Å²) in [4.78, 5) is 34.3. The molecule has 0 aliphatic carbocycles. The maximum absolute atomic E-state index is 12.7. The van der Waals surface area contributed by atoms with Gasteiger partial charge in [0.15, 0.2) is 0 Å². The lowest BCUT2D eigenvalue weighted by Gasteiger charge is -2.24. The van der Waals surface area contributed by atoms with E-state index in [9.17, 15) is 32.9 Å². The van der Waals surface area contributed by atoms with Crippen molar-refractivity contribution < 1.29 is 27.7 Å². The van der Waals surface area contributed by atoms with Crippen LogP contribution in [0.5, 0.6) is 0 Å². The van der Waals surface area contributed by atoms with E-state index in [1.807, 2.05) is 12.1 Å². The zero-order valence-electron chi connectivity index (χ0n) is 15.5. The molecule has 3 N–H and O–H groups in total. The van der Waals surface area contributed by atoms with Crippen LogP contribution in [0.3, 0.4) is 0 Å². The summed E-state index contributed by atoms with van der Waals surface area (Å²) >= 11 is 0. The number of nitro benzene ring substituents is 1. The van der Waals surface area contributed by atoms with Gasteiger partial charge in [0.05, 0.1) is 10.5 Å². The quantitative estimate of drug-likeness (QED) is 0.486. The molecule has 1 atom stereocenters. The number of nitro groups is 1. The molecule has 1 aliphatic rings. The summed E-state index contributed by atoms with van der Waals surface area (Å²) in [5.74, 6) is -1.17. The molecule has 2 amide bonds. The number of carbonyl (C=O) groups excluding carboxylic acids is 2. The monoisotopic (exact) mass is 422 g/mol. The molecule has 11 heteroatoms. The van der Waals surface area contributed by atoms with Crippen molar-refractivity contribution in [2.24, 2.45) is 5.92 Å². The standard InChI is InChI=1S/C19H17F3N4O4/c20-19(21,22)13-6-7-15(16(10-13)26(29)30)24-25-17(27)8-5-12-9-11-3-1-2-4-14(11)23-18(12)28/h1-4,6-7,10,12,24H,5,8-9H2,(H,23,28)(H,25,27). The number of alkyl halides is 3. The minimum absolute atomic E-state index is 0.0539. The van der Waals surface area contributed by atoms with E-state index in [2.05, 4.69) is 16.2 Å². The van der Waals surface area contributed by atoms with Gasteiger partial charge >= 0.3 is 6.18 Å². The van der Waals surface area contributed by atoms with Gasteiger partial charge in [-0.25, -0.2) is 0 Å². The lowest BCUT2D eigenvalue weighted by Crippen LogP contribution is -2.33. The van der Waals surface area contributed by atoms with Crippen molar-refractivity contribution in [1.29, 1.82) is 0 Å². The Labute approximate surface area is 168 Å². The van der Waals surface area contributed by atoms with Gasteiger partial charge in [-0.05, 0) is 36.6 Å². The zero-order valence-corrected chi connectivity index (χ0v) is 15.5. The number of rotatable bonds is 6. The summed E-state index contributed by atoms with van der Waals surface area (Å²) in [7, 11) is 0. The highest BCUT2D eigenvalue weighted by atomic mass is 19.4. The summed E-state index contributed by atoms with van der Waals surface area (Å²) in [5, 5.41) is 13.8. The Hall–Kier alpha value is -3.63. The van der Waals surface area contributed by atoms with Crippen LogP contribution in [0.4, 0.5) is 30.2 Å². The minimum Gasteiger partial charge on any atom is -0.326 e. The molecular weight excluding hydrogens is 405 g/mol. The molecule has 1 aliphatic heterocycles. The van der Waals surface area contributed by atoms with Crippen LogP contribution < -0.4 is 16.2 Å². The maximum atomic E-state index is 12.7. The van der Waals surface area contributed by atoms with Gasteiger partial charge in [-0.15, -0.1) is 0 Å². The predicted molar refractivity (Wildman–Crippen MR) is 101 cm³/mol. The van der Waals surface area contributed by atoms with Crippen LogP contribution in [-0.2, 0) is 22.2 Å². The first-order chi connectivity index (χ1) is 14.1. The van der Waals surface area contributed by atoms with E-state index < -0.39 is 34.2 Å². The molecule has 2 aromatic carbocycles. The lowest BCUT2D eigenvalue weighted by atomic mass is 9.89. The fourth-order valence-electron chi connectivity index (χ4n) is 3.12. The molecule has 0 saturated heterocycles. The Balaban J connectivity index is 1.57. The number of benzene rings is 2. The third-order valence-electron chi connectivity index (χ3n) is 4.69. The van der Waals surface area contributed by atoms with Gasteiger partial charge in [-0.3, -0.25) is 30.6 Å². The first-order valence-electron chi connectivity index (χ1n) is 8.94. The molecule has 30 heavy (non-hydrogen) atoms. The van der Waals surface area contributed by atoms with Gasteiger partial charge in [0, 0.05) is 24.1 Å². The molecule has 1 unspecified atom stereocenters. The fourth-order valence-corrected chi connectivity index (χ4v) is 3.12. The van der Waals surface area contributed by atoms with Crippen molar-refractivity contribution >= 4 is 28.9 Å². The molecule has 0 fully saturated rings. The van der Waals surface area contributed by atoms with Crippen LogP contribution >= 0.6 is 0 Å². The third-order valence-corrected chi connectivity index (χ3v) is 4.69. The second-order valence-electron chi connectivity index (χ2n) is 6.75. The third kappa shape index (κ3) is 4.85. The number of halogens is 3. The van der Waals surface area contributed by atoms with Crippen LogP contribution in [0.1, 0.15) is 24.0 Å². The Morgan fingerprint density at radius 1 is 1.23 bits per heavy atom. The number of carbonyl (C=O) groups is 2. The molecule has 3 rings (SSSR count). The smallest absolute Gasteiger partial charge is 0.326 e. The highest BCUT2D eigenvalue weighted by molar-refractivity contribution is 5.96. The molecule has 0 bridgehead atoms. The van der Waals surface area contributed by atoms with E-state index in [1.165, 1.54) is 0 Å². The lowest BCUT2D eigenvalue weighted by molar-refractivity contribution is -0.384. The molecule has 1 heterocycles. The predicted octanol–water partition coefficient (Wildman–Crippen LogP) is 3.65. The molecule has 2 aromatic rings. The number of fused-ring (bicyclic) bond motifs is 1. The van der Waals surface area contributed by atoms with Gasteiger partial charge in [0.1, 0.15) is 5.69 Å². The van der Waals surface area contributed by atoms with Crippen molar-refractivity contribution in [2.75, 3.05) is 10.7 Å². The maximum Gasteiger partial charge on any atom is 0.416 e. The highest BCUT2D eigenvalue weighted by Crippen LogP contribution is 2.34. The van der Waals surface area contributed by atoms with E-state index in [1.54, 1.807) is 12.1 Å². The van der Waals surface area contributed by atoms with Crippen molar-refractivity contribution in [3.8, 4) is 0 Å². The van der Waals surface area contributed by atoms with E-state index >= 15 is 0 Å². The van der Waals surface area contributed by atoms with Crippen molar-refractivity contribution in [3.05, 3.63) is 63.7 Å². The molecule has 0 spiro atoms. The average Bonchev–Trinajstić information content (AvgIpc) is 2.69. The number of hydrogen-bond donors (Lipinski definition) is 3. The summed E-state index contributed by atoms with van der Waals surface area (Å²) in [6.07, 6.45) is -4.07. The van der Waals surface area contributed by atoms with Gasteiger partial charge in [0.25, 0.3) is 5.69 Å². The summed E-state index contributed by atoms with van der Waals surface area (Å²) in [6, 6.07) is 9.25. The van der Waals surface area contributed by atoms with Gasteiger partial charge in [0.2, 0.25) is 11.8 Å². The van der Waals surface area contributed by atoms with E-state index in [-0.39, 0.29) is 24.4 Å². The number of amides is 2. The van der Waals surface area contributed by atoms with Crippen molar-refractivity contribution in [3.63, 3.8) is 0 Å². The average molecular weight is 422 g/mol. The van der Waals surface area contributed by atoms with E-state index in [0.717, 1.165) is 17.3 Å². The molecule has 8 nitrogen and oxygen atoms in total. The number of para-hydroxylation sites is 1. The van der Waals surface area contributed by atoms with Gasteiger partial charge < -0.3 is 5.32 Å². The number of hydrazine groups is 1.